The molecule has 0 spiro atoms. The van der Waals surface area contributed by atoms with Gasteiger partial charge in [-0.3, -0.25) is 4.99 Å². The zero-order valence-corrected chi connectivity index (χ0v) is 17.8. The predicted molar refractivity (Wildman–Crippen MR) is 117 cm³/mol. The van der Waals surface area contributed by atoms with E-state index in [-0.39, 0.29) is 6.04 Å². The minimum absolute atomic E-state index is 0.202. The summed E-state index contributed by atoms with van der Waals surface area (Å²) in [4.78, 5) is 5.30. The molecule has 2 aliphatic rings. The molecule has 1 N–H and O–H groups in total. The molecule has 1 aromatic carbocycles. The third-order valence-corrected chi connectivity index (χ3v) is 6.28. The maximum Gasteiger partial charge on any atom is 0.122 e. The lowest BCUT2D eigenvalue weighted by Crippen LogP contribution is -2.28. The summed E-state index contributed by atoms with van der Waals surface area (Å²) < 4.78 is 11.0. The molecule has 1 saturated carbocycles. The minimum atomic E-state index is 0.202. The summed E-state index contributed by atoms with van der Waals surface area (Å²) in [6, 6.07) is 6.44. The van der Waals surface area contributed by atoms with Crippen molar-refractivity contribution in [2.24, 2.45) is 10.9 Å². The molecule has 2 fully saturated rings. The topological polar surface area (TPSA) is 42.9 Å². The second-order valence-electron chi connectivity index (χ2n) is 8.36. The number of aliphatic imine (C=N–C) groups is 1. The molecular formula is C24H38N2O2. The van der Waals surface area contributed by atoms with Gasteiger partial charge in [-0.2, -0.15) is 0 Å². The number of hydrogen-bond acceptors (Lipinski definition) is 3. The number of rotatable bonds is 5. The van der Waals surface area contributed by atoms with Crippen LogP contribution in [0.2, 0.25) is 0 Å². The Kier molecular flexibility index (Phi) is 8.50. The van der Waals surface area contributed by atoms with Crippen LogP contribution in [0.4, 0.5) is 0 Å². The van der Waals surface area contributed by atoms with Crippen molar-refractivity contribution in [2.75, 3.05) is 20.8 Å². The highest BCUT2D eigenvalue weighted by Gasteiger charge is 2.29. The van der Waals surface area contributed by atoms with E-state index in [1.807, 2.05) is 6.07 Å². The first-order valence-corrected chi connectivity index (χ1v) is 11.3. The summed E-state index contributed by atoms with van der Waals surface area (Å²) in [5, 5.41) is 3.69. The molecule has 1 saturated heterocycles. The van der Waals surface area contributed by atoms with E-state index in [9.17, 15) is 0 Å². The zero-order chi connectivity index (χ0) is 19.6. The highest BCUT2D eigenvalue weighted by atomic mass is 16.5. The second-order valence-corrected chi connectivity index (χ2v) is 8.36. The number of nitrogens with one attached hydrogen (secondary N) is 1. The summed E-state index contributed by atoms with van der Waals surface area (Å²) in [6.07, 6.45) is 15.6. The van der Waals surface area contributed by atoms with E-state index in [0.29, 0.717) is 5.92 Å². The van der Waals surface area contributed by atoms with Crippen molar-refractivity contribution in [3.8, 4) is 11.5 Å². The molecule has 1 unspecified atom stereocenters. The van der Waals surface area contributed by atoms with Gasteiger partial charge in [0.05, 0.1) is 26.1 Å². The first-order valence-electron chi connectivity index (χ1n) is 11.3. The van der Waals surface area contributed by atoms with Crippen LogP contribution in [0.1, 0.15) is 88.7 Å². The van der Waals surface area contributed by atoms with Crippen LogP contribution in [0.15, 0.2) is 23.2 Å². The fourth-order valence-electron chi connectivity index (χ4n) is 4.29. The van der Waals surface area contributed by atoms with E-state index in [0.717, 1.165) is 24.5 Å². The third-order valence-electron chi connectivity index (χ3n) is 6.28. The standard InChI is InChI=1S/C24H38N2O2/c1-27-21-16-20(17-22(18-21)28-2)24(19-12-11-13-19)26-23-14-9-7-5-3-4-6-8-10-15-25-23/h16-19,24H,3-15H2,1-2H3,(H,25,26). The number of hydrogen-bond donors (Lipinski definition) is 1. The Morgan fingerprint density at radius 3 is 2.00 bits per heavy atom. The molecule has 4 heteroatoms. The fraction of sp³-hybridized carbons (Fsp3) is 0.708. The average molecular weight is 387 g/mol. The van der Waals surface area contributed by atoms with Crippen molar-refractivity contribution in [2.45, 2.75) is 83.1 Å². The smallest absolute Gasteiger partial charge is 0.122 e. The number of amidine groups is 1. The average Bonchev–Trinajstić information content (AvgIpc) is 2.67. The minimum Gasteiger partial charge on any atom is -0.497 e. The normalized spacial score (nSPS) is 22.3. The van der Waals surface area contributed by atoms with Crippen molar-refractivity contribution < 1.29 is 9.47 Å². The van der Waals surface area contributed by atoms with Crippen LogP contribution in [0.25, 0.3) is 0 Å². The number of methoxy groups -OCH3 is 2. The summed E-state index contributed by atoms with van der Waals surface area (Å²) >= 11 is 0. The van der Waals surface area contributed by atoms with E-state index >= 15 is 0 Å². The lowest BCUT2D eigenvalue weighted by atomic mass is 9.77. The fourth-order valence-corrected chi connectivity index (χ4v) is 4.29. The second kappa shape index (κ2) is 11.3. The van der Waals surface area contributed by atoms with Gasteiger partial charge in [-0.05, 0) is 49.3 Å². The van der Waals surface area contributed by atoms with Gasteiger partial charge in [-0.1, -0.05) is 44.9 Å². The predicted octanol–water partition coefficient (Wildman–Crippen LogP) is 6.06. The highest BCUT2D eigenvalue weighted by Crippen LogP contribution is 2.42. The van der Waals surface area contributed by atoms with Gasteiger partial charge in [-0.15, -0.1) is 0 Å². The van der Waals surface area contributed by atoms with Gasteiger partial charge < -0.3 is 14.8 Å². The van der Waals surface area contributed by atoms with Crippen molar-refractivity contribution in [3.63, 3.8) is 0 Å². The van der Waals surface area contributed by atoms with Crippen LogP contribution in [-0.2, 0) is 0 Å². The Morgan fingerprint density at radius 1 is 0.821 bits per heavy atom. The monoisotopic (exact) mass is 386 g/mol. The van der Waals surface area contributed by atoms with Gasteiger partial charge in [0.25, 0.3) is 0 Å². The van der Waals surface area contributed by atoms with Gasteiger partial charge in [0, 0.05) is 19.0 Å². The molecule has 1 aromatic rings. The molecule has 1 atom stereocenters. The lowest BCUT2D eigenvalue weighted by Gasteiger charge is -2.32. The summed E-state index contributed by atoms with van der Waals surface area (Å²) in [7, 11) is 3.44. The van der Waals surface area contributed by atoms with Gasteiger partial charge in [-0.25, -0.2) is 0 Å². The molecule has 3 rings (SSSR count). The number of nitrogens with zero attached hydrogens (tertiary/aromatic N) is 1. The SMILES string of the molecule is COc1cc(OC)cc(C(/N=C2/CCCCCCCCCCN2)C2CCC2)c1. The molecule has 4 nitrogen and oxygen atoms in total. The first kappa shape index (κ1) is 21.0. The molecular weight excluding hydrogens is 348 g/mol. The third kappa shape index (κ3) is 6.15. The van der Waals surface area contributed by atoms with Crippen LogP contribution >= 0.6 is 0 Å². The molecule has 1 aliphatic carbocycles. The Morgan fingerprint density at radius 2 is 1.43 bits per heavy atom. The summed E-state index contributed by atoms with van der Waals surface area (Å²) in [5.41, 5.74) is 1.22. The largest absolute Gasteiger partial charge is 0.497 e. The van der Waals surface area contributed by atoms with E-state index in [4.69, 9.17) is 14.5 Å². The van der Waals surface area contributed by atoms with Crippen molar-refractivity contribution >= 4 is 5.84 Å². The number of ether oxygens (including phenoxy) is 2. The number of benzene rings is 1. The van der Waals surface area contributed by atoms with E-state index in [2.05, 4.69) is 17.4 Å². The Bertz CT molecular complexity index is 589. The molecule has 28 heavy (non-hydrogen) atoms. The van der Waals surface area contributed by atoms with Gasteiger partial charge in [0.1, 0.15) is 11.5 Å². The maximum absolute atomic E-state index is 5.52. The lowest BCUT2D eigenvalue weighted by molar-refractivity contribution is 0.264. The maximum atomic E-state index is 5.52. The van der Waals surface area contributed by atoms with Crippen LogP contribution in [0.3, 0.4) is 0 Å². The van der Waals surface area contributed by atoms with E-state index in [1.165, 1.54) is 82.0 Å². The Hall–Kier alpha value is -1.71. The van der Waals surface area contributed by atoms with Crippen molar-refractivity contribution in [1.82, 2.24) is 5.32 Å². The van der Waals surface area contributed by atoms with Crippen LogP contribution < -0.4 is 14.8 Å². The molecule has 0 amide bonds. The van der Waals surface area contributed by atoms with E-state index in [1.54, 1.807) is 14.2 Å². The Balaban J connectivity index is 1.81. The van der Waals surface area contributed by atoms with Crippen molar-refractivity contribution in [1.29, 1.82) is 0 Å². The van der Waals surface area contributed by atoms with Crippen LogP contribution in [0.5, 0.6) is 11.5 Å². The Labute approximate surface area is 171 Å². The van der Waals surface area contributed by atoms with Gasteiger partial charge in [0.15, 0.2) is 0 Å². The molecule has 0 aromatic heterocycles. The zero-order valence-electron chi connectivity index (χ0n) is 17.8. The van der Waals surface area contributed by atoms with Gasteiger partial charge in [0.2, 0.25) is 0 Å². The van der Waals surface area contributed by atoms with Crippen LogP contribution in [0, 0.1) is 5.92 Å². The van der Waals surface area contributed by atoms with Crippen molar-refractivity contribution in [3.05, 3.63) is 23.8 Å². The highest BCUT2D eigenvalue weighted by molar-refractivity contribution is 5.82. The summed E-state index contributed by atoms with van der Waals surface area (Å²) in [5.74, 6) is 3.54. The first-order chi connectivity index (χ1) is 13.8. The molecule has 156 valence electrons. The molecule has 0 radical (unpaired) electrons. The van der Waals surface area contributed by atoms with Gasteiger partial charge >= 0.3 is 0 Å². The van der Waals surface area contributed by atoms with E-state index < -0.39 is 0 Å². The quantitative estimate of drug-likeness (QED) is 0.669. The molecule has 0 bridgehead atoms. The summed E-state index contributed by atoms with van der Waals surface area (Å²) in [6.45, 7) is 1.05. The molecule has 1 heterocycles. The molecule has 1 aliphatic heterocycles. The van der Waals surface area contributed by atoms with Crippen LogP contribution in [-0.4, -0.2) is 26.6 Å².